The monoisotopic (exact) mass is 380 g/mol. The van der Waals surface area contributed by atoms with Crippen molar-refractivity contribution in [1.29, 1.82) is 0 Å². The molecule has 0 aliphatic carbocycles. The summed E-state index contributed by atoms with van der Waals surface area (Å²) >= 11 is 0. The van der Waals surface area contributed by atoms with Crippen LogP contribution in [-0.2, 0) is 13.0 Å². The maximum atomic E-state index is 12.8. The molecule has 2 aromatic heterocycles. The third-order valence-corrected chi connectivity index (χ3v) is 5.20. The van der Waals surface area contributed by atoms with Gasteiger partial charge < -0.3 is 14.4 Å². The summed E-state index contributed by atoms with van der Waals surface area (Å²) in [6, 6.07) is 10.2. The minimum Gasteiger partial charge on any atom is -0.340 e. The third-order valence-electron chi connectivity index (χ3n) is 5.20. The second kappa shape index (κ2) is 7.93. The largest absolute Gasteiger partial charge is 0.340 e. The molecule has 1 aliphatic heterocycles. The van der Waals surface area contributed by atoms with Crippen molar-refractivity contribution in [2.45, 2.75) is 19.4 Å². The van der Waals surface area contributed by atoms with E-state index >= 15 is 0 Å². The molecule has 0 bridgehead atoms. The van der Waals surface area contributed by atoms with Crippen LogP contribution >= 0.6 is 0 Å². The molecule has 1 aliphatic rings. The lowest BCUT2D eigenvalue weighted by Crippen LogP contribution is -2.45. The molecule has 1 fully saturated rings. The lowest BCUT2D eigenvalue weighted by Gasteiger charge is -2.32. The Balaban J connectivity index is 1.61. The lowest BCUT2D eigenvalue weighted by molar-refractivity contribution is 0.311. The first-order chi connectivity index (χ1) is 13.6. The number of imidazole rings is 1. The van der Waals surface area contributed by atoms with Gasteiger partial charge in [0.2, 0.25) is 5.95 Å². The molecule has 0 saturated carbocycles. The minimum absolute atomic E-state index is 0.126. The van der Waals surface area contributed by atoms with E-state index in [4.69, 9.17) is 0 Å². The van der Waals surface area contributed by atoms with Crippen LogP contribution in [0.4, 0.5) is 5.95 Å². The van der Waals surface area contributed by atoms with E-state index in [1.54, 1.807) is 10.9 Å². The van der Waals surface area contributed by atoms with Crippen LogP contribution in [0.2, 0.25) is 0 Å². The molecule has 0 spiro atoms. The molecule has 0 amide bonds. The van der Waals surface area contributed by atoms with E-state index in [1.807, 2.05) is 30.1 Å². The van der Waals surface area contributed by atoms with Crippen LogP contribution in [-0.4, -0.2) is 57.6 Å². The molecule has 0 unspecified atom stereocenters. The molecule has 1 N–H and O–H groups in total. The number of H-pyrrole nitrogens is 1. The van der Waals surface area contributed by atoms with Crippen molar-refractivity contribution in [2.75, 3.05) is 38.1 Å². The Morgan fingerprint density at radius 1 is 1.07 bits per heavy atom. The first-order valence-electron chi connectivity index (χ1n) is 9.59. The summed E-state index contributed by atoms with van der Waals surface area (Å²) in [5, 5.41) is 0. The van der Waals surface area contributed by atoms with Gasteiger partial charge in [-0.15, -0.1) is 0 Å². The average molecular weight is 380 g/mol. The Labute approximate surface area is 162 Å². The van der Waals surface area contributed by atoms with Crippen LogP contribution < -0.4 is 16.0 Å². The van der Waals surface area contributed by atoms with Crippen LogP contribution in [0, 0.1) is 0 Å². The number of hydrogen-bond acceptors (Lipinski definition) is 6. The average Bonchev–Trinajstić information content (AvgIpc) is 3.08. The van der Waals surface area contributed by atoms with Crippen molar-refractivity contribution in [3.63, 3.8) is 0 Å². The molecule has 28 heavy (non-hydrogen) atoms. The van der Waals surface area contributed by atoms with E-state index in [1.165, 1.54) is 5.56 Å². The Kier molecular flexibility index (Phi) is 5.21. The van der Waals surface area contributed by atoms with Crippen molar-refractivity contribution in [3.05, 3.63) is 62.9 Å². The van der Waals surface area contributed by atoms with E-state index in [0.29, 0.717) is 18.0 Å². The summed E-state index contributed by atoms with van der Waals surface area (Å²) in [6.45, 7) is 3.77. The van der Waals surface area contributed by atoms with Crippen LogP contribution in [0.1, 0.15) is 12.0 Å². The fraction of sp³-hybridized carbons (Fsp3) is 0.400. The van der Waals surface area contributed by atoms with Crippen LogP contribution in [0.3, 0.4) is 0 Å². The van der Waals surface area contributed by atoms with Crippen LogP contribution in [0.15, 0.2) is 46.2 Å². The smallest absolute Gasteiger partial charge is 0.301 e. The van der Waals surface area contributed by atoms with E-state index < -0.39 is 5.56 Å². The molecule has 8 heteroatoms. The number of benzene rings is 1. The summed E-state index contributed by atoms with van der Waals surface area (Å²) in [5.41, 5.74) is 0.877. The zero-order chi connectivity index (χ0) is 19.5. The number of hydrogen-bond donors (Lipinski definition) is 1. The number of piperazine rings is 1. The minimum atomic E-state index is -0.468. The molecule has 0 radical (unpaired) electrons. The second-order valence-corrected chi connectivity index (χ2v) is 7.21. The summed E-state index contributed by atoms with van der Waals surface area (Å²) < 4.78 is 1.76. The van der Waals surface area contributed by atoms with Crippen molar-refractivity contribution in [3.8, 4) is 0 Å². The van der Waals surface area contributed by atoms with E-state index in [2.05, 4.69) is 32.0 Å². The number of rotatable bonds is 5. The van der Waals surface area contributed by atoms with Gasteiger partial charge in [0.1, 0.15) is 5.52 Å². The van der Waals surface area contributed by atoms with E-state index in [9.17, 15) is 9.59 Å². The zero-order valence-corrected chi connectivity index (χ0v) is 16.0. The predicted molar refractivity (Wildman–Crippen MR) is 109 cm³/mol. The van der Waals surface area contributed by atoms with E-state index in [-0.39, 0.29) is 11.1 Å². The zero-order valence-electron chi connectivity index (χ0n) is 16.0. The maximum absolute atomic E-state index is 12.8. The molecule has 3 aromatic rings. The van der Waals surface area contributed by atoms with Gasteiger partial charge in [-0.2, -0.15) is 4.98 Å². The van der Waals surface area contributed by atoms with Gasteiger partial charge in [0.05, 0.1) is 6.33 Å². The molecule has 1 saturated heterocycles. The maximum Gasteiger partial charge on any atom is 0.301 e. The number of aryl methyl sites for hydroxylation is 2. The summed E-state index contributed by atoms with van der Waals surface area (Å²) in [4.78, 5) is 40.7. The van der Waals surface area contributed by atoms with Gasteiger partial charge in [-0.1, -0.05) is 30.3 Å². The molecule has 1 aromatic carbocycles. The highest BCUT2D eigenvalue weighted by molar-refractivity contribution is 5.72. The molecular formula is C20H24N6O2. The van der Waals surface area contributed by atoms with Crippen LogP contribution in [0.5, 0.6) is 0 Å². The number of nitrogens with zero attached hydrogens (tertiary/aromatic N) is 5. The highest BCUT2D eigenvalue weighted by atomic mass is 16.1. The van der Waals surface area contributed by atoms with Gasteiger partial charge in [-0.3, -0.25) is 14.6 Å². The fourth-order valence-electron chi connectivity index (χ4n) is 3.55. The predicted octanol–water partition coefficient (Wildman–Crippen LogP) is 0.864. The normalized spacial score (nSPS) is 15.2. The van der Waals surface area contributed by atoms with Crippen LogP contribution in [0.25, 0.3) is 11.0 Å². The highest BCUT2D eigenvalue weighted by Crippen LogP contribution is 2.10. The van der Waals surface area contributed by atoms with Crippen molar-refractivity contribution in [1.82, 2.24) is 24.4 Å². The summed E-state index contributed by atoms with van der Waals surface area (Å²) in [6.07, 6.45) is 3.30. The van der Waals surface area contributed by atoms with Gasteiger partial charge in [0.25, 0.3) is 5.56 Å². The third kappa shape index (κ3) is 3.82. The number of fused-ring (bicyclic) bond motifs is 1. The molecule has 8 nitrogen and oxygen atoms in total. The Morgan fingerprint density at radius 2 is 1.82 bits per heavy atom. The summed E-state index contributed by atoms with van der Waals surface area (Å²) in [5.74, 6) is 0.330. The van der Waals surface area contributed by atoms with E-state index in [0.717, 1.165) is 39.0 Å². The molecule has 146 valence electrons. The fourth-order valence-corrected chi connectivity index (χ4v) is 3.55. The van der Waals surface area contributed by atoms with Crippen molar-refractivity contribution < 1.29 is 0 Å². The Morgan fingerprint density at radius 3 is 2.57 bits per heavy atom. The first kappa shape index (κ1) is 18.4. The quantitative estimate of drug-likeness (QED) is 0.707. The van der Waals surface area contributed by atoms with Gasteiger partial charge in [0.15, 0.2) is 5.52 Å². The SMILES string of the molecule is CN1CCN(c2nc(=O)c3ncn(CCCc4ccccc4)c3c(=O)[nH]2)CC1. The number of likely N-dealkylation sites (N-methyl/N-ethyl adjacent to an activating group) is 1. The molecular weight excluding hydrogens is 356 g/mol. The first-order valence-corrected chi connectivity index (χ1v) is 9.59. The van der Waals surface area contributed by atoms with Gasteiger partial charge in [-0.25, -0.2) is 4.98 Å². The highest BCUT2D eigenvalue weighted by Gasteiger charge is 2.18. The number of aromatic nitrogens is 4. The Hall–Kier alpha value is -3.00. The number of anilines is 1. The van der Waals surface area contributed by atoms with Crippen molar-refractivity contribution >= 4 is 17.0 Å². The lowest BCUT2D eigenvalue weighted by atomic mass is 10.1. The Bertz CT molecular complexity index is 1070. The van der Waals surface area contributed by atoms with Gasteiger partial charge >= 0.3 is 5.56 Å². The second-order valence-electron chi connectivity index (χ2n) is 7.21. The molecule has 4 rings (SSSR count). The van der Waals surface area contributed by atoms with Crippen molar-refractivity contribution in [2.24, 2.45) is 0 Å². The number of nitrogens with one attached hydrogen (secondary N) is 1. The number of aromatic amines is 1. The summed E-state index contributed by atoms with van der Waals surface area (Å²) in [7, 11) is 2.05. The van der Waals surface area contributed by atoms with Gasteiger partial charge in [0, 0.05) is 32.7 Å². The molecule has 0 atom stereocenters. The standard InChI is InChI=1S/C20H24N6O2/c1-24-10-12-25(13-11-24)20-22-18(27)16-17(19(28)23-20)26(14-21-16)9-5-8-15-6-3-2-4-7-15/h2-4,6-7,14H,5,8-13H2,1H3,(H,22,23,27,28). The molecule has 3 heterocycles. The van der Waals surface area contributed by atoms with Gasteiger partial charge in [-0.05, 0) is 25.5 Å². The topological polar surface area (TPSA) is 87.1 Å².